The van der Waals surface area contributed by atoms with E-state index in [0.717, 1.165) is 54.2 Å². The normalized spacial score (nSPS) is 21.8. The number of aromatic nitrogens is 1. The predicted octanol–water partition coefficient (Wildman–Crippen LogP) is 2.68. The van der Waals surface area contributed by atoms with Crippen LogP contribution in [0.3, 0.4) is 0 Å². The maximum atomic E-state index is 9.57. The first kappa shape index (κ1) is 15.3. The summed E-state index contributed by atoms with van der Waals surface area (Å²) in [5.74, 6) is 1.42. The van der Waals surface area contributed by atoms with Crippen LogP contribution in [0.2, 0.25) is 0 Å². The number of aliphatic hydroxyl groups is 1. The molecule has 0 aromatic carbocycles. The molecule has 0 spiro atoms. The molecule has 1 saturated heterocycles. The van der Waals surface area contributed by atoms with Gasteiger partial charge < -0.3 is 10.0 Å². The van der Waals surface area contributed by atoms with Crippen LogP contribution in [-0.2, 0) is 6.61 Å². The van der Waals surface area contributed by atoms with Crippen LogP contribution in [0, 0.1) is 5.92 Å². The van der Waals surface area contributed by atoms with E-state index in [1.807, 2.05) is 0 Å². The number of piperazine rings is 1. The lowest BCUT2D eigenvalue weighted by atomic mass is 10.0. The summed E-state index contributed by atoms with van der Waals surface area (Å²) >= 11 is 1.68. The topological polar surface area (TPSA) is 39.6 Å². The Kier molecular flexibility index (Phi) is 4.82. The van der Waals surface area contributed by atoms with Gasteiger partial charge in [0.1, 0.15) is 0 Å². The molecule has 118 valence electrons. The van der Waals surface area contributed by atoms with Crippen molar-refractivity contribution in [3.05, 3.63) is 10.6 Å². The number of aliphatic hydroxyl groups excluding tert-OH is 1. The highest BCUT2D eigenvalue weighted by molar-refractivity contribution is 7.15. The summed E-state index contributed by atoms with van der Waals surface area (Å²) in [4.78, 5) is 10.9. The van der Waals surface area contributed by atoms with Gasteiger partial charge in [-0.1, -0.05) is 25.2 Å². The van der Waals surface area contributed by atoms with Crippen LogP contribution in [0.1, 0.15) is 49.6 Å². The lowest BCUT2D eigenvalue weighted by Gasteiger charge is -2.34. The molecule has 1 aliphatic carbocycles. The largest absolute Gasteiger partial charge is 0.391 e. The van der Waals surface area contributed by atoms with E-state index in [1.165, 1.54) is 19.4 Å². The molecule has 1 atom stereocenters. The first-order chi connectivity index (χ1) is 10.2. The Morgan fingerprint density at radius 2 is 2.00 bits per heavy atom. The van der Waals surface area contributed by atoms with E-state index in [-0.39, 0.29) is 6.61 Å². The lowest BCUT2D eigenvalue weighted by Crippen LogP contribution is -2.47. The van der Waals surface area contributed by atoms with Crippen molar-refractivity contribution in [3.8, 4) is 0 Å². The van der Waals surface area contributed by atoms with Crippen molar-refractivity contribution in [1.29, 1.82) is 0 Å². The molecule has 4 nitrogen and oxygen atoms in total. The predicted molar refractivity (Wildman–Crippen MR) is 88.1 cm³/mol. The Balaban J connectivity index is 1.62. The van der Waals surface area contributed by atoms with E-state index in [1.54, 1.807) is 11.3 Å². The summed E-state index contributed by atoms with van der Waals surface area (Å²) in [6, 6.07) is 0. The van der Waals surface area contributed by atoms with Crippen molar-refractivity contribution in [3.63, 3.8) is 0 Å². The Bertz CT molecular complexity index is 464. The number of rotatable bonds is 6. The van der Waals surface area contributed by atoms with E-state index in [9.17, 15) is 5.11 Å². The van der Waals surface area contributed by atoms with Crippen molar-refractivity contribution < 1.29 is 5.11 Å². The minimum Gasteiger partial charge on any atom is -0.391 e. The van der Waals surface area contributed by atoms with Gasteiger partial charge in [-0.2, -0.15) is 0 Å². The fraction of sp³-hybridized carbons (Fsp3) is 0.812. The van der Waals surface area contributed by atoms with Crippen molar-refractivity contribution in [1.82, 2.24) is 9.88 Å². The van der Waals surface area contributed by atoms with E-state index >= 15 is 0 Å². The third kappa shape index (κ3) is 3.58. The Morgan fingerprint density at radius 1 is 1.29 bits per heavy atom. The van der Waals surface area contributed by atoms with E-state index in [4.69, 9.17) is 4.98 Å². The molecule has 21 heavy (non-hydrogen) atoms. The molecular formula is C16H27N3OS. The summed E-state index contributed by atoms with van der Waals surface area (Å²) < 4.78 is 0. The average Bonchev–Trinajstić information content (AvgIpc) is 3.22. The first-order valence-corrected chi connectivity index (χ1v) is 9.10. The van der Waals surface area contributed by atoms with E-state index < -0.39 is 0 Å². The SMILES string of the molecule is CCC(C)c1nc(N2CCN(CC3CC3)CC2)sc1CO. The molecule has 2 heterocycles. The molecule has 1 unspecified atom stereocenters. The summed E-state index contributed by atoms with van der Waals surface area (Å²) in [5.41, 5.74) is 1.11. The minimum absolute atomic E-state index is 0.124. The van der Waals surface area contributed by atoms with Crippen LogP contribution in [0.5, 0.6) is 0 Å². The summed E-state index contributed by atoms with van der Waals surface area (Å²) in [6.45, 7) is 10.3. The Hall–Kier alpha value is -0.650. The zero-order valence-corrected chi connectivity index (χ0v) is 14.0. The third-order valence-corrected chi connectivity index (χ3v) is 5.91. The van der Waals surface area contributed by atoms with Gasteiger partial charge in [-0.05, 0) is 31.1 Å². The van der Waals surface area contributed by atoms with Crippen LogP contribution in [0.15, 0.2) is 0 Å². The van der Waals surface area contributed by atoms with Crippen molar-refractivity contribution >= 4 is 16.5 Å². The van der Waals surface area contributed by atoms with Crippen molar-refractivity contribution in [2.75, 3.05) is 37.6 Å². The van der Waals surface area contributed by atoms with Crippen LogP contribution >= 0.6 is 11.3 Å². The molecule has 3 rings (SSSR count). The fourth-order valence-electron chi connectivity index (χ4n) is 2.96. The van der Waals surface area contributed by atoms with Gasteiger partial charge in [0.25, 0.3) is 0 Å². The van der Waals surface area contributed by atoms with Gasteiger partial charge in [-0.15, -0.1) is 0 Å². The number of anilines is 1. The highest BCUT2D eigenvalue weighted by Gasteiger charge is 2.27. The van der Waals surface area contributed by atoms with Gasteiger partial charge in [-0.25, -0.2) is 4.98 Å². The molecular weight excluding hydrogens is 282 g/mol. The van der Waals surface area contributed by atoms with Gasteiger partial charge in [0.05, 0.1) is 17.2 Å². The zero-order chi connectivity index (χ0) is 14.8. The second-order valence-electron chi connectivity index (χ2n) is 6.50. The Morgan fingerprint density at radius 3 is 2.57 bits per heavy atom. The molecule has 1 N–H and O–H groups in total. The maximum absolute atomic E-state index is 9.57. The van der Waals surface area contributed by atoms with Crippen LogP contribution < -0.4 is 4.90 Å². The minimum atomic E-state index is 0.124. The van der Waals surface area contributed by atoms with Crippen LogP contribution in [0.4, 0.5) is 5.13 Å². The molecule has 2 fully saturated rings. The molecule has 0 bridgehead atoms. The number of hydrogen-bond donors (Lipinski definition) is 1. The highest BCUT2D eigenvalue weighted by Crippen LogP contribution is 2.33. The van der Waals surface area contributed by atoms with E-state index in [2.05, 4.69) is 23.6 Å². The number of nitrogens with zero attached hydrogens (tertiary/aromatic N) is 3. The van der Waals surface area contributed by atoms with Crippen LogP contribution in [-0.4, -0.2) is 47.7 Å². The summed E-state index contributed by atoms with van der Waals surface area (Å²) in [6.07, 6.45) is 3.95. The maximum Gasteiger partial charge on any atom is 0.185 e. The summed E-state index contributed by atoms with van der Waals surface area (Å²) in [7, 11) is 0. The molecule has 1 saturated carbocycles. The molecule has 1 aliphatic heterocycles. The third-order valence-electron chi connectivity index (χ3n) is 4.80. The number of hydrogen-bond acceptors (Lipinski definition) is 5. The molecule has 1 aromatic rings. The highest BCUT2D eigenvalue weighted by atomic mass is 32.1. The van der Waals surface area contributed by atoms with Crippen LogP contribution in [0.25, 0.3) is 0 Å². The standard InChI is InChI=1S/C16H27N3OS/c1-3-12(2)15-14(11-20)21-16(17-15)19-8-6-18(7-9-19)10-13-4-5-13/h12-13,20H,3-11H2,1-2H3. The quantitative estimate of drug-likeness (QED) is 0.877. The Labute approximate surface area is 131 Å². The van der Waals surface area contributed by atoms with Gasteiger partial charge in [-0.3, -0.25) is 4.90 Å². The second kappa shape index (κ2) is 6.63. The molecule has 0 amide bonds. The lowest BCUT2D eigenvalue weighted by molar-refractivity contribution is 0.248. The van der Waals surface area contributed by atoms with E-state index in [0.29, 0.717) is 5.92 Å². The second-order valence-corrected chi connectivity index (χ2v) is 7.57. The van der Waals surface area contributed by atoms with Crippen molar-refractivity contribution in [2.45, 2.75) is 45.6 Å². The number of thiazole rings is 1. The first-order valence-electron chi connectivity index (χ1n) is 8.29. The van der Waals surface area contributed by atoms with Crippen molar-refractivity contribution in [2.24, 2.45) is 5.92 Å². The smallest absolute Gasteiger partial charge is 0.185 e. The fourth-order valence-corrected chi connectivity index (χ4v) is 4.06. The molecule has 5 heteroatoms. The average molecular weight is 309 g/mol. The van der Waals surface area contributed by atoms with Gasteiger partial charge in [0, 0.05) is 32.7 Å². The van der Waals surface area contributed by atoms with Gasteiger partial charge in [0.15, 0.2) is 5.13 Å². The summed E-state index contributed by atoms with van der Waals surface area (Å²) in [5, 5.41) is 10.7. The van der Waals surface area contributed by atoms with Gasteiger partial charge in [0.2, 0.25) is 0 Å². The zero-order valence-electron chi connectivity index (χ0n) is 13.2. The monoisotopic (exact) mass is 309 g/mol. The van der Waals surface area contributed by atoms with Gasteiger partial charge >= 0.3 is 0 Å². The molecule has 1 aromatic heterocycles. The molecule has 2 aliphatic rings. The molecule has 0 radical (unpaired) electrons.